The fourth-order valence-corrected chi connectivity index (χ4v) is 2.58. The Bertz CT molecular complexity index is 708. The number of aromatic nitrogens is 2. The second-order valence-electron chi connectivity index (χ2n) is 6.34. The molecular weight excluding hydrogens is 322 g/mol. The van der Waals surface area contributed by atoms with Crippen LogP contribution in [0.4, 0.5) is 0 Å². The minimum absolute atomic E-state index is 0.0745. The fourth-order valence-electron chi connectivity index (χ4n) is 2.58. The predicted molar refractivity (Wildman–Crippen MR) is 91.3 cm³/mol. The number of benzene rings is 1. The van der Waals surface area contributed by atoms with Crippen molar-refractivity contribution in [3.05, 3.63) is 30.1 Å². The van der Waals surface area contributed by atoms with Crippen LogP contribution in [0, 0.1) is 0 Å². The number of nitrogens with zero attached hydrogens (tertiary/aromatic N) is 2. The Kier molecular flexibility index (Phi) is 5.65. The molecule has 25 heavy (non-hydrogen) atoms. The molecule has 1 saturated heterocycles. The molecule has 0 saturated carbocycles. The Morgan fingerprint density at radius 1 is 1.40 bits per heavy atom. The van der Waals surface area contributed by atoms with Crippen LogP contribution in [-0.2, 0) is 9.53 Å². The lowest BCUT2D eigenvalue weighted by Gasteiger charge is -2.12. The van der Waals surface area contributed by atoms with Crippen LogP contribution < -0.4 is 10.1 Å². The molecule has 1 aliphatic rings. The summed E-state index contributed by atoms with van der Waals surface area (Å²) in [5.41, 5.74) is 0.675. The number of hydrogen-bond donors (Lipinski definition) is 1. The molecule has 2 aromatic rings. The number of hydrogen-bond acceptors (Lipinski definition) is 6. The third kappa shape index (κ3) is 4.57. The topological polar surface area (TPSA) is 86.5 Å². The van der Waals surface area contributed by atoms with Crippen molar-refractivity contribution in [3.8, 4) is 17.2 Å². The maximum absolute atomic E-state index is 12.0. The first-order valence-corrected chi connectivity index (χ1v) is 8.57. The average molecular weight is 345 g/mol. The number of carbonyl (C=O) groups excluding carboxylic acids is 1. The van der Waals surface area contributed by atoms with Crippen LogP contribution in [0.2, 0.25) is 0 Å². The molecule has 2 heterocycles. The number of rotatable bonds is 7. The zero-order valence-corrected chi connectivity index (χ0v) is 14.5. The quantitative estimate of drug-likeness (QED) is 0.830. The third-order valence-corrected chi connectivity index (χ3v) is 3.99. The first kappa shape index (κ1) is 17.4. The lowest BCUT2D eigenvalue weighted by Crippen LogP contribution is -2.35. The molecule has 134 valence electrons. The molecule has 0 bridgehead atoms. The Labute approximate surface area is 146 Å². The molecule has 1 aromatic heterocycles. The number of nitrogens with one attached hydrogen (secondary N) is 1. The van der Waals surface area contributed by atoms with Crippen LogP contribution in [0.15, 0.2) is 28.8 Å². The summed E-state index contributed by atoms with van der Waals surface area (Å²) in [4.78, 5) is 16.4. The number of amides is 1. The van der Waals surface area contributed by atoms with Gasteiger partial charge in [-0.3, -0.25) is 4.79 Å². The molecule has 1 amide bonds. The summed E-state index contributed by atoms with van der Waals surface area (Å²) in [5.74, 6) is 1.56. The minimum atomic E-state index is -0.182. The van der Waals surface area contributed by atoms with Crippen molar-refractivity contribution in [2.75, 3.05) is 19.8 Å². The van der Waals surface area contributed by atoms with E-state index < -0.39 is 0 Å². The third-order valence-electron chi connectivity index (χ3n) is 3.99. The van der Waals surface area contributed by atoms with Crippen molar-refractivity contribution in [2.45, 2.75) is 38.7 Å². The SMILES string of the molecule is CC(C)c1noc(-c2ccccc2OCC(=O)NCC2CCCO2)n1. The van der Waals surface area contributed by atoms with Gasteiger partial charge in [-0.2, -0.15) is 4.98 Å². The monoisotopic (exact) mass is 345 g/mol. The molecule has 3 rings (SSSR count). The van der Waals surface area contributed by atoms with Crippen molar-refractivity contribution < 1.29 is 18.8 Å². The molecule has 1 N–H and O–H groups in total. The van der Waals surface area contributed by atoms with Gasteiger partial charge in [-0.15, -0.1) is 0 Å². The van der Waals surface area contributed by atoms with Crippen molar-refractivity contribution >= 4 is 5.91 Å². The van der Waals surface area contributed by atoms with E-state index in [0.717, 1.165) is 19.4 Å². The maximum atomic E-state index is 12.0. The second-order valence-corrected chi connectivity index (χ2v) is 6.34. The molecule has 1 unspecified atom stereocenters. The van der Waals surface area contributed by atoms with Gasteiger partial charge in [-0.25, -0.2) is 0 Å². The van der Waals surface area contributed by atoms with E-state index in [1.165, 1.54) is 0 Å². The zero-order chi connectivity index (χ0) is 17.6. The van der Waals surface area contributed by atoms with E-state index in [1.807, 2.05) is 32.0 Å². The number of carbonyl (C=O) groups is 1. The molecule has 1 aromatic carbocycles. The van der Waals surface area contributed by atoms with Gasteiger partial charge in [-0.05, 0) is 25.0 Å². The second kappa shape index (κ2) is 8.11. The summed E-state index contributed by atoms with van der Waals surface area (Å²) in [5, 5.41) is 6.80. The number of ether oxygens (including phenoxy) is 2. The van der Waals surface area contributed by atoms with Gasteiger partial charge in [0.25, 0.3) is 11.8 Å². The summed E-state index contributed by atoms with van der Waals surface area (Å²) in [6.07, 6.45) is 2.15. The Morgan fingerprint density at radius 2 is 2.24 bits per heavy atom. The normalized spacial score (nSPS) is 17.0. The van der Waals surface area contributed by atoms with Crippen LogP contribution in [0.1, 0.15) is 38.4 Å². The van der Waals surface area contributed by atoms with Gasteiger partial charge in [-0.1, -0.05) is 31.1 Å². The van der Waals surface area contributed by atoms with E-state index in [2.05, 4.69) is 15.5 Å². The summed E-state index contributed by atoms with van der Waals surface area (Å²) in [6, 6.07) is 7.31. The maximum Gasteiger partial charge on any atom is 0.261 e. The molecule has 1 aliphatic heterocycles. The highest BCUT2D eigenvalue weighted by Gasteiger charge is 2.18. The van der Waals surface area contributed by atoms with E-state index in [-0.39, 0.29) is 24.5 Å². The van der Waals surface area contributed by atoms with E-state index in [1.54, 1.807) is 6.07 Å². The molecule has 7 nitrogen and oxygen atoms in total. The zero-order valence-electron chi connectivity index (χ0n) is 14.5. The Hall–Kier alpha value is -2.41. The van der Waals surface area contributed by atoms with Crippen molar-refractivity contribution in [1.82, 2.24) is 15.5 Å². The van der Waals surface area contributed by atoms with Crippen molar-refractivity contribution in [1.29, 1.82) is 0 Å². The van der Waals surface area contributed by atoms with Crippen LogP contribution >= 0.6 is 0 Å². The van der Waals surface area contributed by atoms with Gasteiger partial charge in [0.2, 0.25) is 0 Å². The van der Waals surface area contributed by atoms with Gasteiger partial charge in [0.15, 0.2) is 12.4 Å². The lowest BCUT2D eigenvalue weighted by molar-refractivity contribution is -0.123. The molecular formula is C18H23N3O4. The fraction of sp³-hybridized carbons (Fsp3) is 0.500. The van der Waals surface area contributed by atoms with Crippen LogP contribution in [0.25, 0.3) is 11.5 Å². The largest absolute Gasteiger partial charge is 0.483 e. The summed E-state index contributed by atoms with van der Waals surface area (Å²) >= 11 is 0. The van der Waals surface area contributed by atoms with Gasteiger partial charge >= 0.3 is 0 Å². The van der Waals surface area contributed by atoms with E-state index in [0.29, 0.717) is 29.6 Å². The molecule has 0 aliphatic carbocycles. The van der Waals surface area contributed by atoms with Gasteiger partial charge in [0.1, 0.15) is 5.75 Å². The Morgan fingerprint density at radius 3 is 2.96 bits per heavy atom. The molecule has 7 heteroatoms. The predicted octanol–water partition coefficient (Wildman–Crippen LogP) is 2.53. The van der Waals surface area contributed by atoms with E-state index >= 15 is 0 Å². The van der Waals surface area contributed by atoms with Crippen LogP contribution in [0.5, 0.6) is 5.75 Å². The smallest absolute Gasteiger partial charge is 0.261 e. The highest BCUT2D eigenvalue weighted by atomic mass is 16.5. The van der Waals surface area contributed by atoms with Crippen LogP contribution in [-0.4, -0.2) is 41.9 Å². The number of para-hydroxylation sites is 1. The molecule has 1 atom stereocenters. The average Bonchev–Trinajstić information content (AvgIpc) is 3.30. The standard InChI is InChI=1S/C18H23N3O4/c1-12(2)17-20-18(25-21-17)14-7-3-4-8-15(14)24-11-16(22)19-10-13-6-5-9-23-13/h3-4,7-8,12-13H,5-6,9-11H2,1-2H3,(H,19,22). The van der Waals surface area contributed by atoms with Crippen LogP contribution in [0.3, 0.4) is 0 Å². The Balaban J connectivity index is 1.59. The summed E-state index contributed by atoms with van der Waals surface area (Å²) in [7, 11) is 0. The first-order chi connectivity index (χ1) is 12.1. The molecule has 0 radical (unpaired) electrons. The molecule has 1 fully saturated rings. The van der Waals surface area contributed by atoms with Crippen molar-refractivity contribution in [2.24, 2.45) is 0 Å². The van der Waals surface area contributed by atoms with E-state index in [4.69, 9.17) is 14.0 Å². The minimum Gasteiger partial charge on any atom is -0.483 e. The van der Waals surface area contributed by atoms with Gasteiger partial charge in [0, 0.05) is 19.1 Å². The first-order valence-electron chi connectivity index (χ1n) is 8.57. The van der Waals surface area contributed by atoms with Gasteiger partial charge < -0.3 is 19.3 Å². The highest BCUT2D eigenvalue weighted by molar-refractivity contribution is 5.78. The molecule has 0 spiro atoms. The lowest BCUT2D eigenvalue weighted by atomic mass is 10.2. The van der Waals surface area contributed by atoms with Gasteiger partial charge in [0.05, 0.1) is 11.7 Å². The summed E-state index contributed by atoms with van der Waals surface area (Å²) < 4.78 is 16.5. The van der Waals surface area contributed by atoms with E-state index in [9.17, 15) is 4.79 Å². The highest BCUT2D eigenvalue weighted by Crippen LogP contribution is 2.29. The summed E-state index contributed by atoms with van der Waals surface area (Å²) in [6.45, 7) is 5.21. The van der Waals surface area contributed by atoms with Crippen molar-refractivity contribution in [3.63, 3.8) is 0 Å².